The molecule has 0 aliphatic heterocycles. The molecule has 1 amide bonds. The van der Waals surface area contributed by atoms with Gasteiger partial charge in [-0.3, -0.25) is 9.10 Å². The van der Waals surface area contributed by atoms with E-state index in [4.69, 9.17) is 4.74 Å². The van der Waals surface area contributed by atoms with Gasteiger partial charge in [0.15, 0.2) is 0 Å². The number of amides is 1. The lowest BCUT2D eigenvalue weighted by molar-refractivity contribution is -0.122. The second kappa shape index (κ2) is 9.08. The lowest BCUT2D eigenvalue weighted by Crippen LogP contribution is -2.48. The first-order valence-electron chi connectivity index (χ1n) is 10.3. The summed E-state index contributed by atoms with van der Waals surface area (Å²) in [4.78, 5) is 13.0. The second-order valence-electron chi connectivity index (χ2n) is 7.90. The summed E-state index contributed by atoms with van der Waals surface area (Å²) in [5.74, 6) is 0.171. The van der Waals surface area contributed by atoms with Gasteiger partial charge in [-0.25, -0.2) is 8.42 Å². The number of hydrogen-bond acceptors (Lipinski definition) is 4. The Hall–Kier alpha value is -2.54. The van der Waals surface area contributed by atoms with Gasteiger partial charge in [-0.15, -0.1) is 0 Å². The number of ether oxygens (including phenoxy) is 1. The zero-order valence-electron chi connectivity index (χ0n) is 18.0. The fourth-order valence-corrected chi connectivity index (χ4v) is 5.16. The Labute approximate surface area is 179 Å². The van der Waals surface area contributed by atoms with E-state index in [1.54, 1.807) is 31.2 Å². The van der Waals surface area contributed by atoms with E-state index >= 15 is 0 Å². The van der Waals surface area contributed by atoms with Crippen molar-refractivity contribution < 1.29 is 17.9 Å². The van der Waals surface area contributed by atoms with Crippen molar-refractivity contribution >= 4 is 21.6 Å². The van der Waals surface area contributed by atoms with Crippen LogP contribution in [0.25, 0.3) is 0 Å². The van der Waals surface area contributed by atoms with Crippen molar-refractivity contribution in [2.75, 3.05) is 17.7 Å². The number of nitrogens with one attached hydrogen (secondary N) is 1. The number of fused-ring (bicyclic) bond motifs is 1. The largest absolute Gasteiger partial charge is 0.497 e. The summed E-state index contributed by atoms with van der Waals surface area (Å²) in [6, 6.07) is 11.9. The molecule has 0 saturated heterocycles. The van der Waals surface area contributed by atoms with Gasteiger partial charge in [-0.1, -0.05) is 24.3 Å². The highest BCUT2D eigenvalue weighted by molar-refractivity contribution is 7.92. The lowest BCUT2D eigenvalue weighted by atomic mass is 9.89. The van der Waals surface area contributed by atoms with Crippen LogP contribution < -0.4 is 14.4 Å². The van der Waals surface area contributed by atoms with E-state index in [9.17, 15) is 13.2 Å². The van der Waals surface area contributed by atoms with Crippen LogP contribution in [-0.2, 0) is 27.7 Å². The minimum atomic E-state index is -3.68. The predicted octanol–water partition coefficient (Wildman–Crippen LogP) is 3.61. The van der Waals surface area contributed by atoms with Crippen LogP contribution in [0.15, 0.2) is 42.5 Å². The van der Waals surface area contributed by atoms with Gasteiger partial charge in [0.1, 0.15) is 11.8 Å². The summed E-state index contributed by atoms with van der Waals surface area (Å²) < 4.78 is 31.3. The quantitative estimate of drug-likeness (QED) is 0.728. The van der Waals surface area contributed by atoms with Crippen LogP contribution in [0.1, 0.15) is 49.4 Å². The second-order valence-corrected chi connectivity index (χ2v) is 9.76. The Morgan fingerprint density at radius 3 is 2.43 bits per heavy atom. The van der Waals surface area contributed by atoms with Crippen molar-refractivity contribution in [3.8, 4) is 5.75 Å². The molecule has 0 heterocycles. The molecule has 2 aromatic rings. The number of sulfonamides is 1. The molecule has 0 bridgehead atoms. The van der Waals surface area contributed by atoms with Gasteiger partial charge >= 0.3 is 0 Å². The molecule has 2 unspecified atom stereocenters. The molecule has 0 radical (unpaired) electrons. The fraction of sp³-hybridized carbons (Fsp3) is 0.435. The Kier molecular flexibility index (Phi) is 6.71. The summed E-state index contributed by atoms with van der Waals surface area (Å²) in [5, 5.41) is 2.98. The Morgan fingerprint density at radius 2 is 1.77 bits per heavy atom. The van der Waals surface area contributed by atoms with Crippen molar-refractivity contribution in [1.29, 1.82) is 0 Å². The van der Waals surface area contributed by atoms with E-state index < -0.39 is 16.1 Å². The first kappa shape index (κ1) is 22.2. The molecular formula is C23H30N2O4S. The zero-order chi connectivity index (χ0) is 21.9. The maximum atomic E-state index is 13.0. The molecule has 30 heavy (non-hydrogen) atoms. The monoisotopic (exact) mass is 430 g/mol. The normalized spacial score (nSPS) is 15.6. The summed E-state index contributed by atoms with van der Waals surface area (Å²) in [7, 11) is -2.17. The van der Waals surface area contributed by atoms with E-state index in [1.165, 1.54) is 31.1 Å². The summed E-state index contributed by atoms with van der Waals surface area (Å²) >= 11 is 0. The summed E-state index contributed by atoms with van der Waals surface area (Å²) in [5.41, 5.74) is 4.16. The molecule has 7 heteroatoms. The maximum absolute atomic E-state index is 13.0. The number of aryl methyl sites for hydroxylation is 2. The van der Waals surface area contributed by atoms with E-state index in [1.807, 2.05) is 6.92 Å². The molecule has 1 N–H and O–H groups in total. The standard InChI is InChI=1S/C23H30N2O4S/c1-16(19-13-12-18-8-5-6-9-20(18)14-19)24-23(26)17(2)25(30(4,27)28)21-10-7-11-22(15-21)29-3/h7,10-17H,5-6,8-9H2,1-4H3,(H,24,26). The predicted molar refractivity (Wildman–Crippen MR) is 119 cm³/mol. The van der Waals surface area contributed by atoms with E-state index in [0.717, 1.165) is 29.0 Å². The van der Waals surface area contributed by atoms with Crippen molar-refractivity contribution in [2.24, 2.45) is 0 Å². The van der Waals surface area contributed by atoms with Crippen molar-refractivity contribution in [3.05, 3.63) is 59.2 Å². The number of nitrogens with zero attached hydrogens (tertiary/aromatic N) is 1. The highest BCUT2D eigenvalue weighted by Crippen LogP contribution is 2.27. The minimum Gasteiger partial charge on any atom is -0.497 e. The maximum Gasteiger partial charge on any atom is 0.244 e. The van der Waals surface area contributed by atoms with Crippen molar-refractivity contribution in [3.63, 3.8) is 0 Å². The number of carbonyl (C=O) groups is 1. The Bertz CT molecular complexity index is 1020. The molecule has 3 rings (SSSR count). The first-order chi connectivity index (χ1) is 14.2. The highest BCUT2D eigenvalue weighted by Gasteiger charge is 2.30. The van der Waals surface area contributed by atoms with Crippen LogP contribution in [0.2, 0.25) is 0 Å². The van der Waals surface area contributed by atoms with Gasteiger partial charge in [-0.2, -0.15) is 0 Å². The van der Waals surface area contributed by atoms with E-state index in [-0.39, 0.29) is 11.9 Å². The van der Waals surface area contributed by atoms with Gasteiger partial charge in [0.2, 0.25) is 15.9 Å². The van der Waals surface area contributed by atoms with Gasteiger partial charge in [0.25, 0.3) is 0 Å². The highest BCUT2D eigenvalue weighted by atomic mass is 32.2. The molecule has 1 aliphatic carbocycles. The van der Waals surface area contributed by atoms with Crippen molar-refractivity contribution in [1.82, 2.24) is 5.32 Å². The molecule has 2 aromatic carbocycles. The molecule has 0 fully saturated rings. The SMILES string of the molecule is COc1cccc(N(C(C)C(=O)NC(C)c2ccc3c(c2)CCCC3)S(C)(=O)=O)c1. The molecule has 0 spiro atoms. The molecule has 0 saturated carbocycles. The molecule has 162 valence electrons. The number of anilines is 1. The summed E-state index contributed by atoms with van der Waals surface area (Å²) in [6.07, 6.45) is 5.69. The van der Waals surface area contributed by atoms with Crippen LogP contribution in [0.5, 0.6) is 5.75 Å². The van der Waals surface area contributed by atoms with E-state index in [0.29, 0.717) is 11.4 Å². The topological polar surface area (TPSA) is 75.7 Å². The molecule has 2 atom stereocenters. The molecule has 1 aliphatic rings. The summed E-state index contributed by atoms with van der Waals surface area (Å²) in [6.45, 7) is 3.51. The third-order valence-corrected chi connectivity index (χ3v) is 6.87. The van der Waals surface area contributed by atoms with E-state index in [2.05, 4.69) is 23.5 Å². The number of methoxy groups -OCH3 is 1. The van der Waals surface area contributed by atoms with Gasteiger partial charge in [0, 0.05) is 6.07 Å². The smallest absolute Gasteiger partial charge is 0.244 e. The van der Waals surface area contributed by atoms with Crippen molar-refractivity contribution in [2.45, 2.75) is 51.6 Å². The minimum absolute atomic E-state index is 0.223. The van der Waals surface area contributed by atoms with Crippen LogP contribution in [0.4, 0.5) is 5.69 Å². The molecule has 0 aromatic heterocycles. The fourth-order valence-electron chi connectivity index (χ4n) is 4.00. The zero-order valence-corrected chi connectivity index (χ0v) is 18.8. The molecular weight excluding hydrogens is 400 g/mol. The average Bonchev–Trinajstić information content (AvgIpc) is 2.72. The first-order valence-corrected chi connectivity index (χ1v) is 12.1. The molecule has 6 nitrogen and oxygen atoms in total. The van der Waals surface area contributed by atoms with Gasteiger partial charge in [-0.05, 0) is 68.4 Å². The number of carbonyl (C=O) groups excluding carboxylic acids is 1. The van der Waals surface area contributed by atoms with Gasteiger partial charge in [0.05, 0.1) is 25.1 Å². The van der Waals surface area contributed by atoms with Crippen LogP contribution >= 0.6 is 0 Å². The van der Waals surface area contributed by atoms with Crippen LogP contribution in [0.3, 0.4) is 0 Å². The number of hydrogen-bond donors (Lipinski definition) is 1. The number of rotatable bonds is 7. The van der Waals surface area contributed by atoms with Crippen LogP contribution in [-0.4, -0.2) is 33.7 Å². The van der Waals surface area contributed by atoms with Crippen LogP contribution in [0, 0.1) is 0 Å². The lowest BCUT2D eigenvalue weighted by Gasteiger charge is -2.29. The third-order valence-electron chi connectivity index (χ3n) is 5.63. The van der Waals surface area contributed by atoms with Gasteiger partial charge < -0.3 is 10.1 Å². The Morgan fingerprint density at radius 1 is 1.07 bits per heavy atom. The Balaban J connectivity index is 1.80. The average molecular weight is 431 g/mol. The third kappa shape index (κ3) is 4.95. The number of benzene rings is 2.